The molecule has 4 nitrogen and oxygen atoms in total. The van der Waals surface area contributed by atoms with Gasteiger partial charge in [-0.3, -0.25) is 10.1 Å². The van der Waals surface area contributed by atoms with Crippen molar-refractivity contribution in [2.24, 2.45) is 5.92 Å². The second kappa shape index (κ2) is 6.90. The van der Waals surface area contributed by atoms with Crippen molar-refractivity contribution in [1.29, 1.82) is 0 Å². The molecular weight excluding hydrogens is 252 g/mol. The van der Waals surface area contributed by atoms with E-state index in [1.54, 1.807) is 0 Å². The highest BCUT2D eigenvalue weighted by atomic mass is 16.5. The number of nitrogens with zero attached hydrogens (tertiary/aromatic N) is 1. The Bertz CT molecular complexity index is 330. The molecule has 0 radical (unpaired) electrons. The Morgan fingerprint density at radius 1 is 1.30 bits per heavy atom. The van der Waals surface area contributed by atoms with E-state index < -0.39 is 5.54 Å². The number of hydrogen-bond acceptors (Lipinski definition) is 4. The highest BCUT2D eigenvalue weighted by Gasteiger charge is 2.39. The quantitative estimate of drug-likeness (QED) is 0.758. The minimum atomic E-state index is -0.520. The van der Waals surface area contributed by atoms with Gasteiger partial charge >= 0.3 is 5.97 Å². The summed E-state index contributed by atoms with van der Waals surface area (Å²) < 4.78 is 5.01. The standard InChI is InChI=1S/C16H30N2O2/c1-13-5-4-10-18(11-8-13)12-9-16(2,15(19)20-3)17-14-6-7-14/h13-14,17H,4-12H2,1-3H3. The average Bonchev–Trinajstić information content (AvgIpc) is 3.24. The van der Waals surface area contributed by atoms with E-state index in [2.05, 4.69) is 17.1 Å². The first-order valence-electron chi connectivity index (χ1n) is 8.12. The molecule has 2 rings (SSSR count). The van der Waals surface area contributed by atoms with Gasteiger partial charge in [-0.05, 0) is 64.5 Å². The van der Waals surface area contributed by atoms with Crippen LogP contribution in [-0.2, 0) is 9.53 Å². The Labute approximate surface area is 123 Å². The molecule has 20 heavy (non-hydrogen) atoms. The molecule has 1 N–H and O–H groups in total. The van der Waals surface area contributed by atoms with E-state index in [0.717, 1.165) is 18.9 Å². The predicted octanol–water partition coefficient (Wildman–Crippen LogP) is 2.18. The number of carbonyl (C=O) groups excluding carboxylic acids is 1. The van der Waals surface area contributed by atoms with Gasteiger partial charge in [0, 0.05) is 12.6 Å². The summed E-state index contributed by atoms with van der Waals surface area (Å²) in [5.74, 6) is 0.726. The highest BCUT2D eigenvalue weighted by molar-refractivity contribution is 5.80. The molecule has 0 spiro atoms. The third kappa shape index (κ3) is 4.45. The van der Waals surface area contributed by atoms with Crippen molar-refractivity contribution in [2.75, 3.05) is 26.7 Å². The Morgan fingerprint density at radius 2 is 2.05 bits per heavy atom. The van der Waals surface area contributed by atoms with Crippen molar-refractivity contribution in [3.8, 4) is 0 Å². The Morgan fingerprint density at radius 3 is 2.70 bits per heavy atom. The fraction of sp³-hybridized carbons (Fsp3) is 0.938. The first-order chi connectivity index (χ1) is 9.53. The second-order valence-electron chi connectivity index (χ2n) is 6.87. The number of carbonyl (C=O) groups is 1. The fourth-order valence-corrected chi connectivity index (χ4v) is 3.06. The minimum absolute atomic E-state index is 0.118. The first-order valence-corrected chi connectivity index (χ1v) is 8.12. The van der Waals surface area contributed by atoms with Crippen molar-refractivity contribution >= 4 is 5.97 Å². The van der Waals surface area contributed by atoms with Crippen LogP contribution in [0.2, 0.25) is 0 Å². The van der Waals surface area contributed by atoms with E-state index in [0.29, 0.717) is 6.04 Å². The number of ether oxygens (including phenoxy) is 1. The summed E-state index contributed by atoms with van der Waals surface area (Å²) in [6.07, 6.45) is 7.12. The summed E-state index contributed by atoms with van der Waals surface area (Å²) in [5, 5.41) is 3.48. The molecule has 4 heteroatoms. The molecule has 2 atom stereocenters. The molecule has 1 aliphatic heterocycles. The lowest BCUT2D eigenvalue weighted by atomic mass is 9.97. The van der Waals surface area contributed by atoms with Gasteiger partial charge in [-0.15, -0.1) is 0 Å². The van der Waals surface area contributed by atoms with Gasteiger partial charge in [0.15, 0.2) is 0 Å². The maximum absolute atomic E-state index is 12.1. The molecule has 2 unspecified atom stereocenters. The molecular formula is C16H30N2O2. The third-order valence-corrected chi connectivity index (χ3v) is 4.77. The van der Waals surface area contributed by atoms with Crippen molar-refractivity contribution < 1.29 is 9.53 Å². The van der Waals surface area contributed by atoms with Gasteiger partial charge < -0.3 is 9.64 Å². The van der Waals surface area contributed by atoms with Crippen LogP contribution in [0.3, 0.4) is 0 Å². The monoisotopic (exact) mass is 282 g/mol. The molecule has 2 aliphatic rings. The zero-order chi connectivity index (χ0) is 14.6. The summed E-state index contributed by atoms with van der Waals surface area (Å²) in [6.45, 7) is 7.67. The number of likely N-dealkylation sites (tertiary alicyclic amines) is 1. The van der Waals surface area contributed by atoms with Gasteiger partial charge in [-0.2, -0.15) is 0 Å². The Balaban J connectivity index is 1.85. The molecule has 1 heterocycles. The van der Waals surface area contributed by atoms with Crippen molar-refractivity contribution in [3.63, 3.8) is 0 Å². The van der Waals surface area contributed by atoms with Crippen molar-refractivity contribution in [2.45, 2.75) is 64.0 Å². The smallest absolute Gasteiger partial charge is 0.325 e. The van der Waals surface area contributed by atoms with Crippen LogP contribution in [0.1, 0.15) is 52.4 Å². The topological polar surface area (TPSA) is 41.6 Å². The van der Waals surface area contributed by atoms with E-state index >= 15 is 0 Å². The number of esters is 1. The zero-order valence-corrected chi connectivity index (χ0v) is 13.3. The summed E-state index contributed by atoms with van der Waals surface area (Å²) in [5.41, 5.74) is -0.520. The third-order valence-electron chi connectivity index (χ3n) is 4.77. The van der Waals surface area contributed by atoms with Crippen LogP contribution in [0.25, 0.3) is 0 Å². The molecule has 0 amide bonds. The van der Waals surface area contributed by atoms with Crippen LogP contribution in [0, 0.1) is 5.92 Å². The predicted molar refractivity (Wildman–Crippen MR) is 80.7 cm³/mol. The van der Waals surface area contributed by atoms with E-state index in [4.69, 9.17) is 4.74 Å². The maximum atomic E-state index is 12.1. The van der Waals surface area contributed by atoms with Crippen LogP contribution in [0.4, 0.5) is 0 Å². The summed E-state index contributed by atoms with van der Waals surface area (Å²) in [6, 6.07) is 0.517. The molecule has 116 valence electrons. The van der Waals surface area contributed by atoms with Gasteiger partial charge in [0.2, 0.25) is 0 Å². The van der Waals surface area contributed by atoms with Crippen LogP contribution < -0.4 is 5.32 Å². The summed E-state index contributed by atoms with van der Waals surface area (Å²) in [4.78, 5) is 14.6. The van der Waals surface area contributed by atoms with E-state index in [9.17, 15) is 4.79 Å². The SMILES string of the molecule is COC(=O)C(C)(CCN1CCCC(C)CC1)NC1CC1. The fourth-order valence-electron chi connectivity index (χ4n) is 3.06. The normalized spacial score (nSPS) is 27.6. The summed E-state index contributed by atoms with van der Waals surface area (Å²) in [7, 11) is 1.49. The lowest BCUT2D eigenvalue weighted by Gasteiger charge is -2.31. The molecule has 1 aliphatic carbocycles. The molecule has 0 aromatic rings. The van der Waals surface area contributed by atoms with Gasteiger partial charge in [0.25, 0.3) is 0 Å². The van der Waals surface area contributed by atoms with Crippen LogP contribution >= 0.6 is 0 Å². The molecule has 1 saturated carbocycles. The number of rotatable bonds is 6. The molecule has 0 aromatic heterocycles. The lowest BCUT2D eigenvalue weighted by Crippen LogP contribution is -2.53. The van der Waals surface area contributed by atoms with E-state index in [-0.39, 0.29) is 5.97 Å². The second-order valence-corrected chi connectivity index (χ2v) is 6.87. The van der Waals surface area contributed by atoms with E-state index in [1.807, 2.05) is 6.92 Å². The number of methoxy groups -OCH3 is 1. The van der Waals surface area contributed by atoms with Crippen LogP contribution in [-0.4, -0.2) is 49.2 Å². The maximum Gasteiger partial charge on any atom is 0.325 e. The largest absolute Gasteiger partial charge is 0.468 e. The van der Waals surface area contributed by atoms with E-state index in [1.165, 1.54) is 52.3 Å². The number of hydrogen-bond donors (Lipinski definition) is 1. The first kappa shape index (κ1) is 15.8. The van der Waals surface area contributed by atoms with Gasteiger partial charge in [0.1, 0.15) is 5.54 Å². The van der Waals surface area contributed by atoms with Gasteiger partial charge in [-0.25, -0.2) is 0 Å². The van der Waals surface area contributed by atoms with Crippen molar-refractivity contribution in [1.82, 2.24) is 10.2 Å². The van der Waals surface area contributed by atoms with Gasteiger partial charge in [0.05, 0.1) is 7.11 Å². The zero-order valence-electron chi connectivity index (χ0n) is 13.3. The van der Waals surface area contributed by atoms with Crippen molar-refractivity contribution in [3.05, 3.63) is 0 Å². The Hall–Kier alpha value is -0.610. The molecule has 0 aromatic carbocycles. The van der Waals surface area contributed by atoms with Crippen LogP contribution in [0.15, 0.2) is 0 Å². The molecule has 1 saturated heterocycles. The molecule has 0 bridgehead atoms. The van der Waals surface area contributed by atoms with Crippen LogP contribution in [0.5, 0.6) is 0 Å². The summed E-state index contributed by atoms with van der Waals surface area (Å²) >= 11 is 0. The lowest BCUT2D eigenvalue weighted by molar-refractivity contribution is -0.148. The minimum Gasteiger partial charge on any atom is -0.468 e. The highest BCUT2D eigenvalue weighted by Crippen LogP contribution is 2.25. The molecule has 2 fully saturated rings. The number of nitrogens with one attached hydrogen (secondary N) is 1. The average molecular weight is 282 g/mol. The Kier molecular flexibility index (Phi) is 5.44. The van der Waals surface area contributed by atoms with Gasteiger partial charge in [-0.1, -0.05) is 6.92 Å².